The van der Waals surface area contributed by atoms with Crippen LogP contribution < -0.4 is 5.32 Å². The topological polar surface area (TPSA) is 63.2 Å². The summed E-state index contributed by atoms with van der Waals surface area (Å²) in [7, 11) is -3.26. The maximum Gasteiger partial charge on any atom is 0.251 e. The molecule has 0 saturated carbocycles. The summed E-state index contributed by atoms with van der Waals surface area (Å²) in [5.74, 6) is 0.0178. The highest BCUT2D eigenvalue weighted by molar-refractivity contribution is 7.90. The minimum absolute atomic E-state index is 0.0988. The second kappa shape index (κ2) is 6.96. The van der Waals surface area contributed by atoms with Crippen molar-refractivity contribution in [1.29, 1.82) is 0 Å². The molecule has 0 aromatic heterocycles. The molecule has 0 bridgehead atoms. The first-order valence-corrected chi connectivity index (χ1v) is 9.34. The molecule has 0 aliphatic heterocycles. The quantitative estimate of drug-likeness (QED) is 0.915. The van der Waals surface area contributed by atoms with E-state index >= 15 is 0 Å². The minimum atomic E-state index is -3.26. The number of sulfone groups is 1. The van der Waals surface area contributed by atoms with Gasteiger partial charge in [-0.15, -0.1) is 0 Å². The Morgan fingerprint density at radius 3 is 2.00 bits per heavy atom. The predicted molar refractivity (Wildman–Crippen MR) is 91.0 cm³/mol. The van der Waals surface area contributed by atoms with Crippen LogP contribution in [0.2, 0.25) is 0 Å². The number of hydrogen-bond acceptors (Lipinski definition) is 3. The molecule has 1 N–H and O–H groups in total. The van der Waals surface area contributed by atoms with E-state index in [0.717, 1.165) is 11.8 Å². The highest BCUT2D eigenvalue weighted by Gasteiger charge is 2.19. The molecule has 1 amide bonds. The van der Waals surface area contributed by atoms with Crippen LogP contribution in [0.1, 0.15) is 35.8 Å². The van der Waals surface area contributed by atoms with Crippen LogP contribution in [-0.4, -0.2) is 20.6 Å². The number of benzene rings is 2. The SMILES string of the molecule is CC(C)[C@H](NC(=O)c1ccc(S(C)(=O)=O)cc1)c1ccccc1. The Balaban J connectivity index is 2.19. The monoisotopic (exact) mass is 331 g/mol. The summed E-state index contributed by atoms with van der Waals surface area (Å²) in [6.07, 6.45) is 1.15. The van der Waals surface area contributed by atoms with Gasteiger partial charge >= 0.3 is 0 Å². The first-order valence-electron chi connectivity index (χ1n) is 7.45. The Kier molecular flexibility index (Phi) is 5.21. The van der Waals surface area contributed by atoms with E-state index in [1.807, 2.05) is 44.2 Å². The zero-order valence-electron chi connectivity index (χ0n) is 13.5. The summed E-state index contributed by atoms with van der Waals surface area (Å²) in [5.41, 5.74) is 1.49. The molecule has 0 aliphatic carbocycles. The van der Waals surface area contributed by atoms with Crippen LogP contribution >= 0.6 is 0 Å². The molecule has 0 spiro atoms. The highest BCUT2D eigenvalue weighted by Crippen LogP contribution is 2.22. The Bertz CT molecular complexity index is 766. The second-order valence-corrected chi connectivity index (χ2v) is 7.92. The molecule has 0 unspecified atom stereocenters. The van der Waals surface area contributed by atoms with E-state index in [1.165, 1.54) is 24.3 Å². The van der Waals surface area contributed by atoms with Gasteiger partial charge in [-0.3, -0.25) is 4.79 Å². The fourth-order valence-electron chi connectivity index (χ4n) is 2.37. The van der Waals surface area contributed by atoms with Gasteiger partial charge in [-0.25, -0.2) is 8.42 Å². The molecular formula is C18H21NO3S. The number of hydrogen-bond donors (Lipinski definition) is 1. The smallest absolute Gasteiger partial charge is 0.251 e. The van der Waals surface area contributed by atoms with Gasteiger partial charge in [0.05, 0.1) is 10.9 Å². The summed E-state index contributed by atoms with van der Waals surface area (Å²) in [5, 5.41) is 3.02. The van der Waals surface area contributed by atoms with Crippen LogP contribution in [0.3, 0.4) is 0 Å². The number of amides is 1. The number of carbonyl (C=O) groups is 1. The average molecular weight is 331 g/mol. The van der Waals surface area contributed by atoms with Crippen molar-refractivity contribution in [3.63, 3.8) is 0 Å². The van der Waals surface area contributed by atoms with E-state index in [2.05, 4.69) is 5.32 Å². The van der Waals surface area contributed by atoms with E-state index in [4.69, 9.17) is 0 Å². The lowest BCUT2D eigenvalue weighted by Gasteiger charge is -2.23. The summed E-state index contributed by atoms with van der Waals surface area (Å²) in [6, 6.07) is 15.7. The second-order valence-electron chi connectivity index (χ2n) is 5.90. The normalized spacial score (nSPS) is 12.9. The first kappa shape index (κ1) is 17.2. The Labute approximate surface area is 137 Å². The molecular weight excluding hydrogens is 310 g/mol. The third-order valence-electron chi connectivity index (χ3n) is 3.66. The Morgan fingerprint density at radius 2 is 1.52 bits per heavy atom. The van der Waals surface area contributed by atoms with Gasteiger partial charge in [-0.2, -0.15) is 0 Å². The van der Waals surface area contributed by atoms with Gasteiger partial charge in [0, 0.05) is 11.8 Å². The highest BCUT2D eigenvalue weighted by atomic mass is 32.2. The van der Waals surface area contributed by atoms with Gasteiger partial charge in [0.15, 0.2) is 9.84 Å². The van der Waals surface area contributed by atoms with Gasteiger partial charge in [0.2, 0.25) is 0 Å². The molecule has 0 aliphatic rings. The van der Waals surface area contributed by atoms with Crippen LogP contribution in [0.15, 0.2) is 59.5 Å². The van der Waals surface area contributed by atoms with Crippen LogP contribution in [0, 0.1) is 5.92 Å². The van der Waals surface area contributed by atoms with E-state index in [9.17, 15) is 13.2 Å². The average Bonchev–Trinajstić information content (AvgIpc) is 2.52. The summed E-state index contributed by atoms with van der Waals surface area (Å²) in [6.45, 7) is 4.09. The lowest BCUT2D eigenvalue weighted by Crippen LogP contribution is -2.31. The van der Waals surface area contributed by atoms with E-state index in [1.54, 1.807) is 0 Å². The zero-order chi connectivity index (χ0) is 17.0. The number of carbonyl (C=O) groups excluding carboxylic acids is 1. The van der Waals surface area contributed by atoms with E-state index in [0.29, 0.717) is 5.56 Å². The number of rotatable bonds is 5. The van der Waals surface area contributed by atoms with Gasteiger partial charge < -0.3 is 5.32 Å². The van der Waals surface area contributed by atoms with Crippen LogP contribution in [0.4, 0.5) is 0 Å². The van der Waals surface area contributed by atoms with Crippen molar-refractivity contribution in [2.75, 3.05) is 6.26 Å². The number of nitrogens with one attached hydrogen (secondary N) is 1. The summed E-state index contributed by atoms with van der Waals surface area (Å²) in [4.78, 5) is 12.6. The summed E-state index contributed by atoms with van der Waals surface area (Å²) >= 11 is 0. The minimum Gasteiger partial charge on any atom is -0.345 e. The molecule has 122 valence electrons. The summed E-state index contributed by atoms with van der Waals surface area (Å²) < 4.78 is 22.9. The van der Waals surface area contributed by atoms with E-state index < -0.39 is 9.84 Å². The molecule has 2 aromatic rings. The standard InChI is InChI=1S/C18H21NO3S/c1-13(2)17(14-7-5-4-6-8-14)19-18(20)15-9-11-16(12-10-15)23(3,21)22/h4-13,17H,1-3H3,(H,19,20)/t17-/m0/s1. The van der Waals surface area contributed by atoms with Crippen molar-refractivity contribution in [2.24, 2.45) is 5.92 Å². The van der Waals surface area contributed by atoms with Gasteiger partial charge in [0.25, 0.3) is 5.91 Å². The molecule has 5 heteroatoms. The van der Waals surface area contributed by atoms with Crippen molar-refractivity contribution in [3.8, 4) is 0 Å². The molecule has 2 rings (SSSR count). The fraction of sp³-hybridized carbons (Fsp3) is 0.278. The van der Waals surface area contributed by atoms with Crippen molar-refractivity contribution in [1.82, 2.24) is 5.32 Å². The molecule has 1 atom stereocenters. The lowest BCUT2D eigenvalue weighted by molar-refractivity contribution is 0.0925. The maximum absolute atomic E-state index is 12.4. The lowest BCUT2D eigenvalue weighted by atomic mass is 9.95. The van der Waals surface area contributed by atoms with Crippen LogP contribution in [-0.2, 0) is 9.84 Å². The molecule has 0 fully saturated rings. The third-order valence-corrected chi connectivity index (χ3v) is 4.79. The van der Waals surface area contributed by atoms with Crippen LogP contribution in [0.25, 0.3) is 0 Å². The third kappa shape index (κ3) is 4.42. The Morgan fingerprint density at radius 1 is 0.957 bits per heavy atom. The van der Waals surface area contributed by atoms with Crippen molar-refractivity contribution < 1.29 is 13.2 Å². The fourth-order valence-corrected chi connectivity index (χ4v) is 3.00. The zero-order valence-corrected chi connectivity index (χ0v) is 14.3. The molecule has 0 saturated heterocycles. The largest absolute Gasteiger partial charge is 0.345 e. The van der Waals surface area contributed by atoms with Gasteiger partial charge in [-0.05, 0) is 35.7 Å². The molecule has 2 aromatic carbocycles. The molecule has 4 nitrogen and oxygen atoms in total. The first-order chi connectivity index (χ1) is 10.8. The van der Waals surface area contributed by atoms with Crippen molar-refractivity contribution >= 4 is 15.7 Å². The van der Waals surface area contributed by atoms with E-state index in [-0.39, 0.29) is 22.8 Å². The predicted octanol–water partition coefficient (Wildman–Crippen LogP) is 3.22. The van der Waals surface area contributed by atoms with Gasteiger partial charge in [-0.1, -0.05) is 44.2 Å². The Hall–Kier alpha value is -2.14. The molecule has 0 radical (unpaired) electrons. The molecule has 0 heterocycles. The van der Waals surface area contributed by atoms with Crippen molar-refractivity contribution in [2.45, 2.75) is 24.8 Å². The maximum atomic E-state index is 12.4. The molecule has 23 heavy (non-hydrogen) atoms. The van der Waals surface area contributed by atoms with Crippen LogP contribution in [0.5, 0.6) is 0 Å². The van der Waals surface area contributed by atoms with Gasteiger partial charge in [0.1, 0.15) is 0 Å². The van der Waals surface area contributed by atoms with Crippen molar-refractivity contribution in [3.05, 3.63) is 65.7 Å².